The van der Waals surface area contributed by atoms with Gasteiger partial charge in [0.1, 0.15) is 6.61 Å². The lowest BCUT2D eigenvalue weighted by Gasteiger charge is -2.28. The molecule has 0 radical (unpaired) electrons. The zero-order valence-corrected chi connectivity index (χ0v) is 21.4. The second-order valence-corrected chi connectivity index (χ2v) is 9.92. The van der Waals surface area contributed by atoms with E-state index in [4.69, 9.17) is 9.47 Å². The molecule has 2 aliphatic rings. The molecule has 1 amide bonds. The summed E-state index contributed by atoms with van der Waals surface area (Å²) in [5.41, 5.74) is 2.70. The van der Waals surface area contributed by atoms with Crippen LogP contribution in [0.3, 0.4) is 0 Å². The van der Waals surface area contributed by atoms with Crippen molar-refractivity contribution in [3.05, 3.63) is 53.8 Å². The number of H-pyrrole nitrogens is 1. The SMILES string of the molecule is COC(=O)[C@H]1CC[C@@H](n2/c(=N/C(=O)c3ccccc3)[nH]c3cnc(OCCN4CCCCC4)cc32)CC1. The van der Waals surface area contributed by atoms with Crippen LogP contribution >= 0.6 is 0 Å². The van der Waals surface area contributed by atoms with E-state index in [1.54, 1.807) is 18.3 Å². The molecule has 0 atom stereocenters. The Balaban J connectivity index is 1.43. The predicted octanol–water partition coefficient (Wildman–Crippen LogP) is 3.87. The Morgan fingerprint density at radius 2 is 1.84 bits per heavy atom. The van der Waals surface area contributed by atoms with Crippen LogP contribution in [-0.4, -0.2) is 64.7 Å². The number of aromatic amines is 1. The highest BCUT2D eigenvalue weighted by Crippen LogP contribution is 2.34. The minimum absolute atomic E-state index is 0.0839. The Hall–Kier alpha value is -3.46. The van der Waals surface area contributed by atoms with Crippen LogP contribution in [-0.2, 0) is 9.53 Å². The number of piperidine rings is 1. The van der Waals surface area contributed by atoms with Gasteiger partial charge in [0, 0.05) is 24.2 Å². The number of hydrogen-bond donors (Lipinski definition) is 1. The summed E-state index contributed by atoms with van der Waals surface area (Å²) >= 11 is 0. The highest BCUT2D eigenvalue weighted by atomic mass is 16.5. The maximum atomic E-state index is 13.0. The molecule has 0 bridgehead atoms. The van der Waals surface area contributed by atoms with Gasteiger partial charge in [-0.2, -0.15) is 4.99 Å². The first-order chi connectivity index (χ1) is 18.1. The van der Waals surface area contributed by atoms with Gasteiger partial charge in [0.2, 0.25) is 11.5 Å². The van der Waals surface area contributed by atoms with Gasteiger partial charge in [-0.3, -0.25) is 14.5 Å². The van der Waals surface area contributed by atoms with Crippen LogP contribution < -0.4 is 10.4 Å². The van der Waals surface area contributed by atoms with Gasteiger partial charge in [-0.25, -0.2) is 4.98 Å². The van der Waals surface area contributed by atoms with Gasteiger partial charge in [0.25, 0.3) is 5.91 Å². The smallest absolute Gasteiger partial charge is 0.308 e. The number of esters is 1. The predicted molar refractivity (Wildman–Crippen MR) is 139 cm³/mol. The number of ether oxygens (including phenoxy) is 2. The fourth-order valence-electron chi connectivity index (χ4n) is 5.49. The number of benzene rings is 1. The highest BCUT2D eigenvalue weighted by molar-refractivity contribution is 5.94. The number of rotatable bonds is 7. The first-order valence-electron chi connectivity index (χ1n) is 13.3. The average molecular weight is 506 g/mol. The van der Waals surface area contributed by atoms with Crippen LogP contribution in [0.1, 0.15) is 61.3 Å². The van der Waals surface area contributed by atoms with Gasteiger partial charge in [0.15, 0.2) is 0 Å². The molecule has 1 N–H and O–H groups in total. The quantitative estimate of drug-likeness (QED) is 0.489. The average Bonchev–Trinajstić information content (AvgIpc) is 3.30. The Morgan fingerprint density at radius 3 is 2.57 bits per heavy atom. The van der Waals surface area contributed by atoms with Crippen LogP contribution in [0.5, 0.6) is 5.88 Å². The summed E-state index contributed by atoms with van der Waals surface area (Å²) in [6.45, 7) is 3.72. The van der Waals surface area contributed by atoms with E-state index >= 15 is 0 Å². The molecule has 3 heterocycles. The normalized spacial score (nSPS) is 21.2. The van der Waals surface area contributed by atoms with Crippen LogP contribution in [0, 0.1) is 5.92 Å². The lowest BCUT2D eigenvalue weighted by Crippen LogP contribution is -2.33. The van der Waals surface area contributed by atoms with E-state index < -0.39 is 0 Å². The van der Waals surface area contributed by atoms with E-state index in [2.05, 4.69) is 24.4 Å². The Kier molecular flexibility index (Phi) is 7.99. The number of fused-ring (bicyclic) bond motifs is 1. The van der Waals surface area contributed by atoms with E-state index in [1.807, 2.05) is 24.3 Å². The summed E-state index contributed by atoms with van der Waals surface area (Å²) < 4.78 is 13.1. The lowest BCUT2D eigenvalue weighted by molar-refractivity contribution is -0.146. The summed E-state index contributed by atoms with van der Waals surface area (Å²) in [4.78, 5) is 39.7. The standard InChI is InChI=1S/C28H35N5O4/c1-36-27(35)21-10-12-22(13-11-21)33-24-18-25(37-17-16-32-14-6-3-7-15-32)29-19-23(24)30-28(33)31-26(34)20-8-4-2-5-9-20/h2,4-5,8-9,18-19,21-22H,3,6-7,10-17H2,1H3,(H,30,31,34)/t21-,22+. The van der Waals surface area contributed by atoms with Crippen LogP contribution in [0.25, 0.3) is 11.0 Å². The van der Waals surface area contributed by atoms with Crippen molar-refractivity contribution in [2.75, 3.05) is 33.4 Å². The van der Waals surface area contributed by atoms with Crippen molar-refractivity contribution in [3.8, 4) is 5.88 Å². The molecule has 1 saturated heterocycles. The fraction of sp³-hybridized carbons (Fsp3) is 0.500. The molecule has 3 aromatic rings. The Bertz CT molecular complexity index is 1280. The molecule has 0 unspecified atom stereocenters. The molecule has 9 heteroatoms. The van der Waals surface area contributed by atoms with E-state index in [9.17, 15) is 9.59 Å². The van der Waals surface area contributed by atoms with Gasteiger partial charge >= 0.3 is 5.97 Å². The molecule has 1 saturated carbocycles. The van der Waals surface area contributed by atoms with Crippen LogP contribution in [0.4, 0.5) is 0 Å². The summed E-state index contributed by atoms with van der Waals surface area (Å²) in [7, 11) is 1.44. The number of nitrogens with one attached hydrogen (secondary N) is 1. The first kappa shape index (κ1) is 25.2. The monoisotopic (exact) mass is 505 g/mol. The number of methoxy groups -OCH3 is 1. The van der Waals surface area contributed by atoms with Crippen molar-refractivity contribution in [1.82, 2.24) is 19.4 Å². The molecule has 9 nitrogen and oxygen atoms in total. The summed E-state index contributed by atoms with van der Waals surface area (Å²) in [5.74, 6) is 0.00503. The molecular formula is C28H35N5O4. The molecule has 196 valence electrons. The number of hydrogen-bond acceptors (Lipinski definition) is 6. The molecule has 1 aromatic carbocycles. The van der Waals surface area contributed by atoms with E-state index in [1.165, 1.54) is 26.4 Å². The largest absolute Gasteiger partial charge is 0.476 e. The molecule has 0 spiro atoms. The number of pyridine rings is 1. The third kappa shape index (κ3) is 5.93. The zero-order chi connectivity index (χ0) is 25.6. The molecule has 2 aromatic heterocycles. The van der Waals surface area contributed by atoms with Crippen LogP contribution in [0.2, 0.25) is 0 Å². The lowest BCUT2D eigenvalue weighted by atomic mass is 9.86. The number of imidazole rings is 1. The third-order valence-electron chi connectivity index (χ3n) is 7.52. The molecular weight excluding hydrogens is 470 g/mol. The van der Waals surface area contributed by atoms with Crippen molar-refractivity contribution < 1.29 is 19.1 Å². The van der Waals surface area contributed by atoms with Crippen molar-refractivity contribution in [2.24, 2.45) is 10.9 Å². The van der Waals surface area contributed by atoms with Crippen molar-refractivity contribution in [3.63, 3.8) is 0 Å². The van der Waals surface area contributed by atoms with Gasteiger partial charge < -0.3 is 19.0 Å². The summed E-state index contributed by atoms with van der Waals surface area (Å²) in [6, 6.07) is 11.1. The van der Waals surface area contributed by atoms with Crippen LogP contribution in [0.15, 0.2) is 47.6 Å². The maximum absolute atomic E-state index is 13.0. The van der Waals surface area contributed by atoms with Gasteiger partial charge in [-0.05, 0) is 63.7 Å². The van der Waals surface area contributed by atoms with E-state index in [-0.39, 0.29) is 23.8 Å². The second kappa shape index (κ2) is 11.7. The molecule has 1 aliphatic carbocycles. The van der Waals surface area contributed by atoms with Gasteiger partial charge in [-0.15, -0.1) is 0 Å². The number of aromatic nitrogens is 3. The number of amides is 1. The van der Waals surface area contributed by atoms with E-state index in [0.29, 0.717) is 23.7 Å². The molecule has 5 rings (SSSR count). The van der Waals surface area contributed by atoms with Crippen molar-refractivity contribution in [1.29, 1.82) is 0 Å². The summed E-state index contributed by atoms with van der Waals surface area (Å²) in [5, 5.41) is 0. The van der Waals surface area contributed by atoms with Crippen molar-refractivity contribution >= 4 is 22.9 Å². The highest BCUT2D eigenvalue weighted by Gasteiger charge is 2.29. The van der Waals surface area contributed by atoms with Gasteiger partial charge in [0.05, 0.1) is 30.3 Å². The summed E-state index contributed by atoms with van der Waals surface area (Å²) in [6.07, 6.45) is 8.58. The Labute approximate surface area is 216 Å². The number of likely N-dealkylation sites (tertiary alicyclic amines) is 1. The van der Waals surface area contributed by atoms with Crippen molar-refractivity contribution in [2.45, 2.75) is 51.0 Å². The minimum Gasteiger partial charge on any atom is -0.476 e. The van der Waals surface area contributed by atoms with E-state index in [0.717, 1.165) is 56.4 Å². The molecule has 2 fully saturated rings. The molecule has 1 aliphatic heterocycles. The number of carbonyl (C=O) groups excluding carboxylic acids is 2. The molecule has 37 heavy (non-hydrogen) atoms. The fourth-order valence-corrected chi connectivity index (χ4v) is 5.49. The zero-order valence-electron chi connectivity index (χ0n) is 21.4. The third-order valence-corrected chi connectivity index (χ3v) is 7.52. The topological polar surface area (TPSA) is 102 Å². The Morgan fingerprint density at radius 1 is 1.08 bits per heavy atom. The number of nitrogens with zero attached hydrogens (tertiary/aromatic N) is 4. The number of carbonyl (C=O) groups is 2. The maximum Gasteiger partial charge on any atom is 0.308 e. The minimum atomic E-state index is -0.310. The van der Waals surface area contributed by atoms with Gasteiger partial charge in [-0.1, -0.05) is 24.6 Å². The first-order valence-corrected chi connectivity index (χ1v) is 13.3. The second-order valence-electron chi connectivity index (χ2n) is 9.92.